The predicted molar refractivity (Wildman–Crippen MR) is 99.8 cm³/mol. The number of urea groups is 1. The number of nitrogens with zero attached hydrogens (tertiary/aromatic N) is 1. The second-order valence-corrected chi connectivity index (χ2v) is 7.02. The van der Waals surface area contributed by atoms with Crippen LogP contribution in [-0.2, 0) is 16.0 Å². The Hall–Kier alpha value is -2.08. The van der Waals surface area contributed by atoms with Crippen LogP contribution in [0.2, 0.25) is 0 Å². The third kappa shape index (κ3) is 4.97. The highest BCUT2D eigenvalue weighted by atomic mass is 16.5. The largest absolute Gasteiger partial charge is 0.378 e. The maximum atomic E-state index is 12.8. The van der Waals surface area contributed by atoms with Gasteiger partial charge in [-0.25, -0.2) is 4.79 Å². The van der Waals surface area contributed by atoms with E-state index in [0.717, 1.165) is 32.1 Å². The number of nitrogens with one attached hydrogen (secondary N) is 2. The standard InChI is InChI=1S/C20H29N3O3/c24-19-17-8-4-5-9-18(17)23(13-15-26-14-12-21-19)20(25)22-11-10-16-6-2-1-3-7-16/h1-3,6-7,17-18H,4-5,8-15H2,(H,21,24)(H,22,25)/t17-,18+/m0/s1. The van der Waals surface area contributed by atoms with Crippen LogP contribution < -0.4 is 10.6 Å². The van der Waals surface area contributed by atoms with E-state index in [-0.39, 0.29) is 23.9 Å². The zero-order chi connectivity index (χ0) is 18.2. The van der Waals surface area contributed by atoms with Gasteiger partial charge in [0.2, 0.25) is 5.91 Å². The first kappa shape index (κ1) is 18.7. The molecule has 26 heavy (non-hydrogen) atoms. The van der Waals surface area contributed by atoms with E-state index in [9.17, 15) is 9.59 Å². The van der Waals surface area contributed by atoms with E-state index in [1.807, 2.05) is 23.1 Å². The van der Waals surface area contributed by atoms with Gasteiger partial charge < -0.3 is 20.3 Å². The van der Waals surface area contributed by atoms with Crippen molar-refractivity contribution in [3.8, 4) is 0 Å². The number of carbonyl (C=O) groups is 2. The maximum Gasteiger partial charge on any atom is 0.317 e. The fourth-order valence-electron chi connectivity index (χ4n) is 3.91. The highest BCUT2D eigenvalue weighted by Crippen LogP contribution is 2.29. The van der Waals surface area contributed by atoms with Gasteiger partial charge in [-0.05, 0) is 24.8 Å². The molecule has 1 aromatic carbocycles. The normalized spacial score (nSPS) is 24.3. The van der Waals surface area contributed by atoms with Gasteiger partial charge >= 0.3 is 6.03 Å². The summed E-state index contributed by atoms with van der Waals surface area (Å²) in [6.45, 7) is 2.67. The molecule has 0 unspecified atom stereocenters. The SMILES string of the molecule is O=C1NCCOCCN(C(=O)NCCc2ccccc2)[C@@H]2CCCC[C@H]12. The zero-order valence-corrected chi connectivity index (χ0v) is 15.3. The number of fused-ring (bicyclic) bond motifs is 1. The van der Waals surface area contributed by atoms with E-state index in [1.54, 1.807) is 0 Å². The third-order valence-corrected chi connectivity index (χ3v) is 5.28. The molecule has 1 aliphatic carbocycles. The van der Waals surface area contributed by atoms with Gasteiger partial charge in [0.1, 0.15) is 0 Å². The fraction of sp³-hybridized carbons (Fsp3) is 0.600. The number of hydrogen-bond donors (Lipinski definition) is 2. The Morgan fingerprint density at radius 3 is 2.85 bits per heavy atom. The molecule has 3 rings (SSSR count). The highest BCUT2D eigenvalue weighted by molar-refractivity contribution is 5.81. The molecule has 3 amide bonds. The van der Waals surface area contributed by atoms with E-state index in [0.29, 0.717) is 32.8 Å². The predicted octanol–water partition coefficient (Wildman–Crippen LogP) is 1.95. The molecule has 0 bridgehead atoms. The van der Waals surface area contributed by atoms with Crippen molar-refractivity contribution in [2.45, 2.75) is 38.1 Å². The molecule has 1 saturated carbocycles. The summed E-state index contributed by atoms with van der Waals surface area (Å²) in [5.74, 6) is -0.0518. The van der Waals surface area contributed by atoms with Crippen molar-refractivity contribution in [1.29, 1.82) is 0 Å². The van der Waals surface area contributed by atoms with Crippen molar-refractivity contribution in [1.82, 2.24) is 15.5 Å². The molecule has 142 valence electrons. The average molecular weight is 359 g/mol. The van der Waals surface area contributed by atoms with E-state index in [2.05, 4.69) is 22.8 Å². The number of benzene rings is 1. The monoisotopic (exact) mass is 359 g/mol. The van der Waals surface area contributed by atoms with Gasteiger partial charge in [0.25, 0.3) is 0 Å². The second kappa shape index (κ2) is 9.57. The van der Waals surface area contributed by atoms with Crippen molar-refractivity contribution in [2.24, 2.45) is 5.92 Å². The first-order valence-electron chi connectivity index (χ1n) is 9.69. The molecule has 1 aliphatic heterocycles. The number of amides is 3. The van der Waals surface area contributed by atoms with Crippen LogP contribution >= 0.6 is 0 Å². The topological polar surface area (TPSA) is 70.7 Å². The number of carbonyl (C=O) groups excluding carboxylic acids is 2. The lowest BCUT2D eigenvalue weighted by Crippen LogP contribution is -2.55. The molecular formula is C20H29N3O3. The minimum absolute atomic E-state index is 0.0397. The molecule has 6 nitrogen and oxygen atoms in total. The summed E-state index contributed by atoms with van der Waals surface area (Å²) in [7, 11) is 0. The first-order valence-corrected chi connectivity index (χ1v) is 9.69. The van der Waals surface area contributed by atoms with Crippen molar-refractivity contribution >= 4 is 11.9 Å². The summed E-state index contributed by atoms with van der Waals surface area (Å²) in [6, 6.07) is 9.99. The Kier molecular flexibility index (Phi) is 6.89. The van der Waals surface area contributed by atoms with Crippen LogP contribution in [0.4, 0.5) is 4.79 Å². The molecule has 1 saturated heterocycles. The van der Waals surface area contributed by atoms with Crippen molar-refractivity contribution < 1.29 is 14.3 Å². The van der Waals surface area contributed by atoms with Crippen molar-refractivity contribution in [2.75, 3.05) is 32.8 Å². The van der Waals surface area contributed by atoms with Gasteiger partial charge in [-0.3, -0.25) is 4.79 Å². The zero-order valence-electron chi connectivity index (χ0n) is 15.3. The van der Waals surface area contributed by atoms with Crippen molar-refractivity contribution in [3.05, 3.63) is 35.9 Å². The van der Waals surface area contributed by atoms with Crippen LogP contribution in [0.5, 0.6) is 0 Å². The minimum Gasteiger partial charge on any atom is -0.378 e. The molecule has 1 heterocycles. The lowest BCUT2D eigenvalue weighted by atomic mass is 9.82. The van der Waals surface area contributed by atoms with Crippen LogP contribution in [0.15, 0.2) is 30.3 Å². The second-order valence-electron chi connectivity index (χ2n) is 7.02. The van der Waals surface area contributed by atoms with Crippen LogP contribution in [0.3, 0.4) is 0 Å². The molecule has 2 fully saturated rings. The van der Waals surface area contributed by atoms with Crippen LogP contribution in [0, 0.1) is 5.92 Å². The molecule has 2 atom stereocenters. The Balaban J connectivity index is 1.62. The van der Waals surface area contributed by atoms with Gasteiger partial charge in [0.05, 0.1) is 19.1 Å². The van der Waals surface area contributed by atoms with Crippen LogP contribution in [-0.4, -0.2) is 55.7 Å². The smallest absolute Gasteiger partial charge is 0.317 e. The van der Waals surface area contributed by atoms with E-state index >= 15 is 0 Å². The van der Waals surface area contributed by atoms with Crippen LogP contribution in [0.1, 0.15) is 31.2 Å². The summed E-state index contributed by atoms with van der Waals surface area (Å²) in [4.78, 5) is 27.2. The summed E-state index contributed by atoms with van der Waals surface area (Å²) >= 11 is 0. The lowest BCUT2D eigenvalue weighted by Gasteiger charge is -2.39. The maximum absolute atomic E-state index is 12.8. The van der Waals surface area contributed by atoms with Gasteiger partial charge in [-0.1, -0.05) is 43.2 Å². The molecule has 6 heteroatoms. The summed E-state index contributed by atoms with van der Waals surface area (Å²) in [5, 5.41) is 5.99. The average Bonchev–Trinajstić information content (AvgIpc) is 2.68. The number of hydrogen-bond acceptors (Lipinski definition) is 3. The Labute approximate surface area is 155 Å². The first-order chi connectivity index (χ1) is 12.8. The van der Waals surface area contributed by atoms with Gasteiger partial charge in [0.15, 0.2) is 0 Å². The van der Waals surface area contributed by atoms with Gasteiger partial charge in [0, 0.05) is 25.7 Å². The quantitative estimate of drug-likeness (QED) is 0.867. The van der Waals surface area contributed by atoms with E-state index < -0.39 is 0 Å². The minimum atomic E-state index is -0.110. The fourth-order valence-corrected chi connectivity index (χ4v) is 3.91. The van der Waals surface area contributed by atoms with Crippen molar-refractivity contribution in [3.63, 3.8) is 0 Å². The number of ether oxygens (including phenoxy) is 1. The molecule has 2 aliphatic rings. The summed E-state index contributed by atoms with van der Waals surface area (Å²) in [5.41, 5.74) is 1.20. The molecule has 0 radical (unpaired) electrons. The van der Waals surface area contributed by atoms with E-state index in [1.165, 1.54) is 5.56 Å². The summed E-state index contributed by atoms with van der Waals surface area (Å²) < 4.78 is 5.56. The molecule has 0 spiro atoms. The summed E-state index contributed by atoms with van der Waals surface area (Å²) in [6.07, 6.45) is 4.64. The third-order valence-electron chi connectivity index (χ3n) is 5.28. The Morgan fingerprint density at radius 1 is 1.19 bits per heavy atom. The highest BCUT2D eigenvalue weighted by Gasteiger charge is 2.37. The van der Waals surface area contributed by atoms with Gasteiger partial charge in [-0.2, -0.15) is 0 Å². The molecular weight excluding hydrogens is 330 g/mol. The lowest BCUT2D eigenvalue weighted by molar-refractivity contribution is -0.128. The van der Waals surface area contributed by atoms with E-state index in [4.69, 9.17) is 4.74 Å². The molecule has 2 N–H and O–H groups in total. The molecule has 0 aromatic heterocycles. The Morgan fingerprint density at radius 2 is 2.00 bits per heavy atom. The Bertz CT molecular complexity index is 593. The van der Waals surface area contributed by atoms with Crippen LogP contribution in [0.25, 0.3) is 0 Å². The number of rotatable bonds is 3. The molecule has 1 aromatic rings. The van der Waals surface area contributed by atoms with Gasteiger partial charge in [-0.15, -0.1) is 0 Å².